The molecule has 0 bridgehead atoms. The fraction of sp³-hybridized carbons (Fsp3) is 1.00. The Morgan fingerprint density at radius 1 is 1.33 bits per heavy atom. The molecule has 68 valence electrons. The molecule has 0 saturated heterocycles. The van der Waals surface area contributed by atoms with E-state index in [1.54, 1.807) is 0 Å². The fourth-order valence-electron chi connectivity index (χ4n) is 0.572. The molecule has 0 aliphatic heterocycles. The average Bonchev–Trinajstić information content (AvgIpc) is 1.88. The van der Waals surface area contributed by atoms with Crippen molar-refractivity contribution in [3.63, 3.8) is 0 Å². The summed E-state index contributed by atoms with van der Waals surface area (Å²) >= 11 is 0. The number of methoxy groups -OCH3 is 2. The molecule has 0 atom stereocenters. The van der Waals surface area contributed by atoms with Crippen molar-refractivity contribution in [1.29, 1.82) is 0 Å². The second-order valence-electron chi connectivity index (χ2n) is 1.95. The molecule has 0 heterocycles. The largest absolute Gasteiger partial charge is 1.00 e. The predicted molar refractivity (Wildman–Crippen MR) is 37.0 cm³/mol. The Balaban J connectivity index is 0. The Morgan fingerprint density at radius 2 is 1.75 bits per heavy atom. The van der Waals surface area contributed by atoms with Crippen molar-refractivity contribution < 1.29 is 41.3 Å². The summed E-state index contributed by atoms with van der Waals surface area (Å²) in [4.78, 5) is 0. The summed E-state index contributed by atoms with van der Waals surface area (Å²) in [7, 11) is -1.39. The molecule has 0 rings (SSSR count). The molecule has 0 amide bonds. The Morgan fingerprint density at radius 3 is 2.00 bits per heavy atom. The topological polar surface area (TPSA) is 75.7 Å². The van der Waals surface area contributed by atoms with E-state index in [9.17, 15) is 13.0 Å². The summed E-state index contributed by atoms with van der Waals surface area (Å²) in [5.74, 6) is -0.459. The first-order chi connectivity index (χ1) is 4.99. The first-order valence-corrected chi connectivity index (χ1v) is 4.56. The number of hydrogen-bond acceptors (Lipinski definition) is 5. The Hall–Kier alpha value is 0.427. The third kappa shape index (κ3) is 8.52. The zero-order valence-electron chi connectivity index (χ0n) is 7.44. The van der Waals surface area contributed by atoms with Crippen molar-refractivity contribution in [2.45, 2.75) is 12.7 Å². The van der Waals surface area contributed by atoms with Gasteiger partial charge in [-0.05, 0) is 0 Å². The fourth-order valence-corrected chi connectivity index (χ4v) is 1.05. The second-order valence-corrected chi connectivity index (χ2v) is 3.48. The summed E-state index contributed by atoms with van der Waals surface area (Å²) in [6, 6.07) is 0. The molecule has 0 unspecified atom stereocenters. The SMILES string of the molecule is COC(CCS(=O)(=O)[O-])OC.[Li+]. The molecule has 0 radical (unpaired) electrons. The van der Waals surface area contributed by atoms with Gasteiger partial charge >= 0.3 is 18.9 Å². The van der Waals surface area contributed by atoms with Crippen molar-refractivity contribution in [3.05, 3.63) is 0 Å². The van der Waals surface area contributed by atoms with E-state index in [2.05, 4.69) is 9.47 Å². The van der Waals surface area contributed by atoms with Crippen molar-refractivity contribution in [3.8, 4) is 0 Å². The standard InChI is InChI=1S/C5H12O5S.Li/c1-9-5(10-2)3-4-11(6,7)8;/h5H,3-4H2,1-2H3,(H,6,7,8);/q;+1/p-1. The van der Waals surface area contributed by atoms with E-state index < -0.39 is 22.2 Å². The van der Waals surface area contributed by atoms with Gasteiger partial charge in [0, 0.05) is 26.4 Å². The van der Waals surface area contributed by atoms with Gasteiger partial charge in [0.05, 0.1) is 10.1 Å². The van der Waals surface area contributed by atoms with Crippen LogP contribution >= 0.6 is 0 Å². The summed E-state index contributed by atoms with van der Waals surface area (Å²) in [6.07, 6.45) is -0.544. The predicted octanol–water partition coefficient (Wildman–Crippen LogP) is -3.46. The number of ether oxygens (including phenoxy) is 2. The molecule has 0 N–H and O–H groups in total. The average molecular weight is 190 g/mol. The van der Waals surface area contributed by atoms with Crippen LogP contribution in [0.2, 0.25) is 0 Å². The van der Waals surface area contributed by atoms with Crippen LogP contribution in [0.25, 0.3) is 0 Å². The van der Waals surface area contributed by atoms with Crippen molar-refractivity contribution in [2.24, 2.45) is 0 Å². The summed E-state index contributed by atoms with van der Waals surface area (Å²) < 4.78 is 39.6. The molecule has 0 aromatic carbocycles. The van der Waals surface area contributed by atoms with Gasteiger partial charge in [-0.3, -0.25) is 0 Å². The third-order valence-electron chi connectivity index (χ3n) is 1.13. The molecule has 0 aromatic heterocycles. The second kappa shape index (κ2) is 6.89. The Bertz CT molecular complexity index is 186. The molecular formula is C5H11LiO5S. The smallest absolute Gasteiger partial charge is 0.748 e. The zero-order valence-corrected chi connectivity index (χ0v) is 8.26. The maximum atomic E-state index is 10.1. The van der Waals surface area contributed by atoms with Gasteiger partial charge in [0.1, 0.15) is 0 Å². The first kappa shape index (κ1) is 14.9. The zero-order chi connectivity index (χ0) is 8.91. The van der Waals surface area contributed by atoms with E-state index in [0.29, 0.717) is 0 Å². The minimum Gasteiger partial charge on any atom is -0.748 e. The van der Waals surface area contributed by atoms with Gasteiger partial charge in [0.2, 0.25) is 0 Å². The van der Waals surface area contributed by atoms with E-state index in [4.69, 9.17) is 0 Å². The van der Waals surface area contributed by atoms with Crippen LogP contribution in [0.5, 0.6) is 0 Å². The van der Waals surface area contributed by atoms with Crippen LogP contribution < -0.4 is 18.9 Å². The van der Waals surface area contributed by atoms with Crippen molar-refractivity contribution in [2.75, 3.05) is 20.0 Å². The third-order valence-corrected chi connectivity index (χ3v) is 1.87. The summed E-state index contributed by atoms with van der Waals surface area (Å²) in [6.45, 7) is 0. The van der Waals surface area contributed by atoms with Crippen LogP contribution in [-0.4, -0.2) is 39.2 Å². The number of rotatable bonds is 5. The molecular weight excluding hydrogens is 179 g/mol. The van der Waals surface area contributed by atoms with Gasteiger partial charge in [-0.15, -0.1) is 0 Å². The summed E-state index contributed by atoms with van der Waals surface area (Å²) in [5, 5.41) is 0. The van der Waals surface area contributed by atoms with Crippen LogP contribution in [0.15, 0.2) is 0 Å². The molecule has 7 heteroatoms. The van der Waals surface area contributed by atoms with E-state index in [0.717, 1.165) is 0 Å². The van der Waals surface area contributed by atoms with Gasteiger partial charge in [-0.25, -0.2) is 8.42 Å². The Kier molecular flexibility index (Phi) is 8.57. The van der Waals surface area contributed by atoms with Crippen LogP contribution in [0, 0.1) is 0 Å². The molecule has 5 nitrogen and oxygen atoms in total. The van der Waals surface area contributed by atoms with Gasteiger partial charge in [-0.2, -0.15) is 0 Å². The van der Waals surface area contributed by atoms with Gasteiger partial charge in [0.15, 0.2) is 6.29 Å². The molecule has 0 saturated carbocycles. The molecule has 0 aromatic rings. The maximum absolute atomic E-state index is 10.1. The number of hydrogen-bond donors (Lipinski definition) is 0. The first-order valence-electron chi connectivity index (χ1n) is 2.98. The van der Waals surface area contributed by atoms with Crippen molar-refractivity contribution in [1.82, 2.24) is 0 Å². The van der Waals surface area contributed by atoms with E-state index in [1.807, 2.05) is 0 Å². The van der Waals surface area contributed by atoms with Crippen LogP contribution in [0.3, 0.4) is 0 Å². The van der Waals surface area contributed by atoms with Crippen LogP contribution in [-0.2, 0) is 19.6 Å². The maximum Gasteiger partial charge on any atom is 1.00 e. The minimum atomic E-state index is -4.15. The molecule has 12 heavy (non-hydrogen) atoms. The molecule has 0 aliphatic rings. The summed E-state index contributed by atoms with van der Waals surface area (Å²) in [5.41, 5.74) is 0. The normalized spacial score (nSPS) is 11.3. The molecule has 0 fully saturated rings. The van der Waals surface area contributed by atoms with E-state index in [-0.39, 0.29) is 25.3 Å². The van der Waals surface area contributed by atoms with Crippen LogP contribution in [0.4, 0.5) is 0 Å². The monoisotopic (exact) mass is 190 g/mol. The van der Waals surface area contributed by atoms with Crippen LogP contribution in [0.1, 0.15) is 6.42 Å². The van der Waals surface area contributed by atoms with Crippen molar-refractivity contribution >= 4 is 10.1 Å². The van der Waals surface area contributed by atoms with Gasteiger partial charge in [-0.1, -0.05) is 0 Å². The van der Waals surface area contributed by atoms with Gasteiger partial charge in [0.25, 0.3) is 0 Å². The molecule has 0 aliphatic carbocycles. The Labute approximate surface area is 84.4 Å². The van der Waals surface area contributed by atoms with Gasteiger partial charge < -0.3 is 14.0 Å². The van der Waals surface area contributed by atoms with E-state index >= 15 is 0 Å². The quantitative estimate of drug-likeness (QED) is 0.256. The minimum absolute atomic E-state index is 0. The molecule has 0 spiro atoms. The van der Waals surface area contributed by atoms with E-state index in [1.165, 1.54) is 14.2 Å².